The Kier molecular flexibility index (Phi) is 2.81. The molecule has 1 atom stereocenters. The Bertz CT molecular complexity index is 1050. The van der Waals surface area contributed by atoms with Crippen LogP contribution in [0.4, 0.5) is 5.82 Å². The molecule has 1 amide bonds. The van der Waals surface area contributed by atoms with Crippen LogP contribution in [0.1, 0.15) is 28.7 Å². The van der Waals surface area contributed by atoms with E-state index >= 15 is 0 Å². The molecule has 0 fully saturated rings. The lowest BCUT2D eigenvalue weighted by molar-refractivity contribution is -0.120. The van der Waals surface area contributed by atoms with Gasteiger partial charge in [-0.1, -0.05) is 12.1 Å². The summed E-state index contributed by atoms with van der Waals surface area (Å²) in [6.45, 7) is 0. The molecule has 25 heavy (non-hydrogen) atoms. The Balaban J connectivity index is 1.64. The molecular formula is C19H15N3O3. The third-order valence-corrected chi connectivity index (χ3v) is 5.27. The van der Waals surface area contributed by atoms with Gasteiger partial charge in [0.2, 0.25) is 5.91 Å². The topological polar surface area (TPSA) is 95.3 Å². The van der Waals surface area contributed by atoms with Crippen LogP contribution in [0.2, 0.25) is 0 Å². The molecule has 0 bridgehead atoms. The van der Waals surface area contributed by atoms with Gasteiger partial charge in [-0.2, -0.15) is 0 Å². The first-order valence-corrected chi connectivity index (χ1v) is 8.12. The molecule has 2 aromatic heterocycles. The van der Waals surface area contributed by atoms with Crippen molar-refractivity contribution in [3.05, 3.63) is 65.0 Å². The summed E-state index contributed by atoms with van der Waals surface area (Å²) in [4.78, 5) is 21.3. The number of anilines is 1. The number of rotatable bonds is 1. The van der Waals surface area contributed by atoms with Crippen molar-refractivity contribution in [2.24, 2.45) is 0 Å². The quantitative estimate of drug-likeness (QED) is 0.588. The van der Waals surface area contributed by atoms with Crippen molar-refractivity contribution in [1.82, 2.24) is 9.97 Å². The van der Waals surface area contributed by atoms with Gasteiger partial charge in [-0.3, -0.25) is 4.79 Å². The van der Waals surface area contributed by atoms with E-state index in [-0.39, 0.29) is 11.6 Å². The Morgan fingerprint density at radius 2 is 1.92 bits per heavy atom. The molecule has 1 aromatic carbocycles. The number of hydrogen-bond acceptors (Lipinski definition) is 5. The SMILES string of the molecule is O=C1Nc2ncccc2C12Cc1cc3ccc(C(O)O)nc3cc1C2. The van der Waals surface area contributed by atoms with Crippen LogP contribution in [0.25, 0.3) is 10.9 Å². The molecule has 1 unspecified atom stereocenters. The van der Waals surface area contributed by atoms with E-state index in [9.17, 15) is 15.0 Å². The van der Waals surface area contributed by atoms with Crippen molar-refractivity contribution in [3.63, 3.8) is 0 Å². The van der Waals surface area contributed by atoms with Gasteiger partial charge in [0, 0.05) is 17.1 Å². The molecule has 5 rings (SSSR count). The summed E-state index contributed by atoms with van der Waals surface area (Å²) in [6, 6.07) is 11.2. The van der Waals surface area contributed by atoms with Crippen LogP contribution < -0.4 is 5.32 Å². The average Bonchev–Trinajstić information content (AvgIpc) is 3.10. The molecule has 124 valence electrons. The van der Waals surface area contributed by atoms with Gasteiger partial charge in [0.05, 0.1) is 16.6 Å². The highest BCUT2D eigenvalue weighted by Gasteiger charge is 2.51. The van der Waals surface area contributed by atoms with Gasteiger partial charge in [0.25, 0.3) is 0 Å². The predicted octanol–water partition coefficient (Wildman–Crippen LogP) is 1.60. The van der Waals surface area contributed by atoms with Crippen molar-refractivity contribution in [1.29, 1.82) is 0 Å². The van der Waals surface area contributed by atoms with Crippen molar-refractivity contribution in [2.75, 3.05) is 5.32 Å². The van der Waals surface area contributed by atoms with Crippen LogP contribution in [0.5, 0.6) is 0 Å². The Morgan fingerprint density at radius 3 is 2.72 bits per heavy atom. The molecule has 6 nitrogen and oxygen atoms in total. The monoisotopic (exact) mass is 333 g/mol. The first-order chi connectivity index (χ1) is 12.1. The van der Waals surface area contributed by atoms with Crippen molar-refractivity contribution in [3.8, 4) is 0 Å². The van der Waals surface area contributed by atoms with E-state index in [1.165, 1.54) is 0 Å². The number of nitrogens with zero attached hydrogens (tertiary/aromatic N) is 2. The van der Waals surface area contributed by atoms with Crippen LogP contribution in [0.15, 0.2) is 42.6 Å². The lowest BCUT2D eigenvalue weighted by atomic mass is 9.79. The molecule has 1 aliphatic carbocycles. The lowest BCUT2D eigenvalue weighted by Gasteiger charge is -2.20. The molecule has 1 aliphatic heterocycles. The average molecular weight is 333 g/mol. The molecule has 0 saturated heterocycles. The molecule has 3 aromatic rings. The second-order valence-electron chi connectivity index (χ2n) is 6.71. The second-order valence-corrected chi connectivity index (χ2v) is 6.71. The summed E-state index contributed by atoms with van der Waals surface area (Å²) in [5.74, 6) is 0.634. The third kappa shape index (κ3) is 1.95. The maximum absolute atomic E-state index is 12.7. The fraction of sp³-hybridized carbons (Fsp3) is 0.211. The summed E-state index contributed by atoms with van der Waals surface area (Å²) >= 11 is 0. The molecule has 6 heteroatoms. The summed E-state index contributed by atoms with van der Waals surface area (Å²) in [5, 5.41) is 22.5. The number of aromatic nitrogens is 2. The minimum absolute atomic E-state index is 0.0131. The Hall–Kier alpha value is -2.83. The van der Waals surface area contributed by atoms with Crippen LogP contribution >= 0.6 is 0 Å². The van der Waals surface area contributed by atoms with Crippen LogP contribution in [-0.4, -0.2) is 26.1 Å². The van der Waals surface area contributed by atoms with Gasteiger partial charge in [-0.25, -0.2) is 9.97 Å². The van der Waals surface area contributed by atoms with E-state index in [0.29, 0.717) is 24.2 Å². The predicted molar refractivity (Wildman–Crippen MR) is 90.9 cm³/mol. The maximum atomic E-state index is 12.7. The molecule has 0 saturated carbocycles. The van der Waals surface area contributed by atoms with E-state index in [2.05, 4.69) is 15.3 Å². The largest absolute Gasteiger partial charge is 0.363 e. The minimum Gasteiger partial charge on any atom is -0.363 e. The molecule has 1 spiro atoms. The first kappa shape index (κ1) is 14.5. The Morgan fingerprint density at radius 1 is 1.12 bits per heavy atom. The third-order valence-electron chi connectivity index (χ3n) is 5.27. The van der Waals surface area contributed by atoms with Crippen LogP contribution in [0, 0.1) is 0 Å². The number of pyridine rings is 2. The fourth-order valence-corrected chi connectivity index (χ4v) is 4.05. The molecule has 3 N–H and O–H groups in total. The maximum Gasteiger partial charge on any atom is 0.237 e. The van der Waals surface area contributed by atoms with E-state index in [4.69, 9.17) is 0 Å². The summed E-state index contributed by atoms with van der Waals surface area (Å²) in [6.07, 6.45) is 1.31. The lowest BCUT2D eigenvalue weighted by Crippen LogP contribution is -2.35. The van der Waals surface area contributed by atoms with Gasteiger partial charge >= 0.3 is 0 Å². The number of hydrogen-bond donors (Lipinski definition) is 3. The van der Waals surface area contributed by atoms with E-state index in [1.54, 1.807) is 12.3 Å². The van der Waals surface area contributed by atoms with E-state index in [1.807, 2.05) is 30.3 Å². The van der Waals surface area contributed by atoms with Gasteiger partial charge in [-0.15, -0.1) is 0 Å². The summed E-state index contributed by atoms with van der Waals surface area (Å²) in [5.41, 5.74) is 3.44. The number of fused-ring (bicyclic) bond motifs is 4. The molecule has 3 heterocycles. The smallest absolute Gasteiger partial charge is 0.237 e. The van der Waals surface area contributed by atoms with Crippen LogP contribution in [0.3, 0.4) is 0 Å². The first-order valence-electron chi connectivity index (χ1n) is 8.12. The van der Waals surface area contributed by atoms with Gasteiger partial charge in [0.1, 0.15) is 5.82 Å². The van der Waals surface area contributed by atoms with Crippen molar-refractivity contribution >= 4 is 22.6 Å². The normalized spacial score (nSPS) is 21.0. The van der Waals surface area contributed by atoms with Crippen molar-refractivity contribution in [2.45, 2.75) is 24.5 Å². The fourth-order valence-electron chi connectivity index (χ4n) is 4.05. The number of carbonyl (C=O) groups excluding carboxylic acids is 1. The van der Waals surface area contributed by atoms with Gasteiger partial charge in [-0.05, 0) is 48.2 Å². The standard InChI is InChI=1S/C19H15N3O3/c23-17(24)14-4-3-10-6-11-8-19(9-12(11)7-15(10)21-14)13-2-1-5-20-16(13)22-18(19)25/h1-7,17,23-24H,8-9H2,(H,20,22,25). The van der Waals surface area contributed by atoms with Gasteiger partial charge < -0.3 is 15.5 Å². The number of carbonyl (C=O) groups is 1. The second kappa shape index (κ2) is 4.84. The van der Waals surface area contributed by atoms with Crippen molar-refractivity contribution < 1.29 is 15.0 Å². The number of amides is 1. The number of aliphatic hydroxyl groups is 2. The molecule has 2 aliphatic rings. The van der Waals surface area contributed by atoms with Crippen LogP contribution in [-0.2, 0) is 23.1 Å². The van der Waals surface area contributed by atoms with Gasteiger partial charge in [0.15, 0.2) is 6.29 Å². The number of benzene rings is 1. The zero-order chi connectivity index (χ0) is 17.2. The Labute approximate surface area is 143 Å². The minimum atomic E-state index is -1.59. The zero-order valence-corrected chi connectivity index (χ0v) is 13.2. The summed E-state index contributed by atoms with van der Waals surface area (Å²) in [7, 11) is 0. The highest BCUT2D eigenvalue weighted by molar-refractivity contribution is 6.06. The number of aliphatic hydroxyl groups excluding tert-OH is 1. The highest BCUT2D eigenvalue weighted by atomic mass is 16.5. The van der Waals surface area contributed by atoms with E-state index in [0.717, 1.165) is 22.1 Å². The zero-order valence-electron chi connectivity index (χ0n) is 13.2. The number of nitrogens with one attached hydrogen (secondary N) is 1. The molecular weight excluding hydrogens is 318 g/mol. The molecule has 0 radical (unpaired) electrons. The highest BCUT2D eigenvalue weighted by Crippen LogP contribution is 2.47. The van der Waals surface area contributed by atoms with E-state index < -0.39 is 11.7 Å². The summed E-state index contributed by atoms with van der Waals surface area (Å²) < 4.78 is 0.